The van der Waals surface area contributed by atoms with Crippen molar-refractivity contribution >= 4 is 27.3 Å². The van der Waals surface area contributed by atoms with E-state index in [1.54, 1.807) is 0 Å². The van der Waals surface area contributed by atoms with Gasteiger partial charge in [0.05, 0.1) is 11.5 Å². The Morgan fingerprint density at radius 2 is 2.22 bits per heavy atom. The molecule has 0 aliphatic carbocycles. The van der Waals surface area contributed by atoms with Crippen molar-refractivity contribution in [3.8, 4) is 0 Å². The van der Waals surface area contributed by atoms with Gasteiger partial charge in [0.1, 0.15) is 4.88 Å². The molecule has 0 amide bonds. The summed E-state index contributed by atoms with van der Waals surface area (Å²) < 4.78 is 30.3. The van der Waals surface area contributed by atoms with E-state index in [1.807, 2.05) is 6.92 Å². The molecule has 0 atom stereocenters. The summed E-state index contributed by atoms with van der Waals surface area (Å²) >= 11 is 0.894. The molecule has 1 rings (SSSR count). The maximum atomic E-state index is 12.0. The van der Waals surface area contributed by atoms with Crippen LogP contribution in [0.3, 0.4) is 0 Å². The number of hydrogen-bond acceptors (Lipinski definition) is 5. The molecule has 0 aliphatic heterocycles. The smallest absolute Gasteiger partial charge is 0.345 e. The first-order valence-electron chi connectivity index (χ1n) is 5.25. The molecule has 0 spiro atoms. The third kappa shape index (κ3) is 3.52. The van der Waals surface area contributed by atoms with Gasteiger partial charge in [-0.05, 0) is 13.0 Å². The van der Waals surface area contributed by atoms with Crippen LogP contribution in [-0.4, -0.2) is 50.6 Å². The minimum absolute atomic E-state index is 0.00361. The second kappa shape index (κ2) is 6.28. The molecule has 0 bridgehead atoms. The van der Waals surface area contributed by atoms with Crippen molar-refractivity contribution in [1.29, 1.82) is 0 Å². The Morgan fingerprint density at radius 1 is 1.56 bits per heavy atom. The largest absolute Gasteiger partial charge is 0.477 e. The van der Waals surface area contributed by atoms with Gasteiger partial charge in [-0.25, -0.2) is 13.2 Å². The van der Waals surface area contributed by atoms with Crippen molar-refractivity contribution < 1.29 is 23.1 Å². The highest BCUT2D eigenvalue weighted by molar-refractivity contribution is 7.89. The van der Waals surface area contributed by atoms with Gasteiger partial charge in [0.15, 0.2) is 0 Å². The lowest BCUT2D eigenvalue weighted by atomic mass is 10.5. The van der Waals surface area contributed by atoms with Gasteiger partial charge >= 0.3 is 5.97 Å². The minimum atomic E-state index is -3.63. The molecule has 0 radical (unpaired) electrons. The fraction of sp³-hybridized carbons (Fsp3) is 0.500. The molecular weight excluding hydrogens is 278 g/mol. The zero-order valence-corrected chi connectivity index (χ0v) is 11.8. The van der Waals surface area contributed by atoms with Crippen molar-refractivity contribution in [3.05, 3.63) is 16.3 Å². The summed E-state index contributed by atoms with van der Waals surface area (Å²) in [6, 6.07) is 1.17. The van der Waals surface area contributed by atoms with Crippen LogP contribution in [0, 0.1) is 0 Å². The molecule has 1 aromatic heterocycles. The molecule has 18 heavy (non-hydrogen) atoms. The van der Waals surface area contributed by atoms with Gasteiger partial charge in [-0.3, -0.25) is 0 Å². The van der Waals surface area contributed by atoms with E-state index in [-0.39, 0.29) is 16.3 Å². The van der Waals surface area contributed by atoms with E-state index in [1.165, 1.54) is 18.5 Å². The van der Waals surface area contributed by atoms with Crippen LogP contribution in [0.15, 0.2) is 16.3 Å². The van der Waals surface area contributed by atoms with Crippen molar-refractivity contribution in [2.24, 2.45) is 0 Å². The number of rotatable bonds is 7. The summed E-state index contributed by atoms with van der Waals surface area (Å²) in [4.78, 5) is 10.7. The second-order valence-electron chi connectivity index (χ2n) is 3.48. The predicted molar refractivity (Wildman–Crippen MR) is 67.6 cm³/mol. The Bertz CT molecular complexity index is 508. The van der Waals surface area contributed by atoms with Gasteiger partial charge in [0.2, 0.25) is 10.0 Å². The molecule has 102 valence electrons. The maximum Gasteiger partial charge on any atom is 0.345 e. The number of likely N-dealkylation sites (N-methyl/N-ethyl adjacent to an activating group) is 1. The third-order valence-electron chi connectivity index (χ3n) is 2.25. The Morgan fingerprint density at radius 3 is 2.72 bits per heavy atom. The monoisotopic (exact) mass is 293 g/mol. The minimum Gasteiger partial charge on any atom is -0.477 e. The fourth-order valence-corrected chi connectivity index (χ4v) is 3.46. The molecule has 0 saturated heterocycles. The molecule has 1 N–H and O–H groups in total. The van der Waals surface area contributed by atoms with Crippen molar-refractivity contribution in [1.82, 2.24) is 4.31 Å². The molecule has 0 aromatic carbocycles. The van der Waals surface area contributed by atoms with Gasteiger partial charge in [-0.1, -0.05) is 0 Å². The van der Waals surface area contributed by atoms with Crippen molar-refractivity contribution in [2.45, 2.75) is 11.8 Å². The highest BCUT2D eigenvalue weighted by Gasteiger charge is 2.23. The van der Waals surface area contributed by atoms with Gasteiger partial charge < -0.3 is 9.84 Å². The molecule has 0 aliphatic rings. The number of ether oxygens (including phenoxy) is 1. The van der Waals surface area contributed by atoms with Crippen molar-refractivity contribution in [2.75, 3.05) is 26.8 Å². The Balaban J connectivity index is 2.81. The number of carboxylic acid groups (broad SMARTS) is 1. The van der Waals surface area contributed by atoms with E-state index < -0.39 is 16.0 Å². The summed E-state index contributed by atoms with van der Waals surface area (Å²) in [6.07, 6.45) is 0. The second-order valence-corrected chi connectivity index (χ2v) is 6.43. The fourth-order valence-electron chi connectivity index (χ4n) is 1.20. The van der Waals surface area contributed by atoms with Gasteiger partial charge in [0, 0.05) is 25.6 Å². The molecule has 1 aromatic rings. The van der Waals surface area contributed by atoms with E-state index in [0.29, 0.717) is 13.2 Å². The Kier molecular flexibility index (Phi) is 5.27. The summed E-state index contributed by atoms with van der Waals surface area (Å²) in [5.41, 5.74) is 0. The summed E-state index contributed by atoms with van der Waals surface area (Å²) in [7, 11) is -2.19. The van der Waals surface area contributed by atoms with E-state index in [0.717, 1.165) is 15.6 Å². The first-order valence-corrected chi connectivity index (χ1v) is 7.57. The molecule has 1 heterocycles. The highest BCUT2D eigenvalue weighted by atomic mass is 32.2. The highest BCUT2D eigenvalue weighted by Crippen LogP contribution is 2.21. The Labute approximate surface area is 110 Å². The average molecular weight is 293 g/mol. The van der Waals surface area contributed by atoms with Gasteiger partial charge in [-0.15, -0.1) is 11.3 Å². The molecule has 6 nitrogen and oxygen atoms in total. The van der Waals surface area contributed by atoms with Crippen LogP contribution in [0.1, 0.15) is 16.6 Å². The summed E-state index contributed by atoms with van der Waals surface area (Å²) in [5, 5.41) is 10.1. The molecule has 0 saturated carbocycles. The van der Waals surface area contributed by atoms with Gasteiger partial charge in [0.25, 0.3) is 0 Å². The number of aromatic carboxylic acids is 1. The first kappa shape index (κ1) is 15.1. The van der Waals surface area contributed by atoms with Crippen LogP contribution in [0.25, 0.3) is 0 Å². The van der Waals surface area contributed by atoms with Crippen LogP contribution in [0.2, 0.25) is 0 Å². The van der Waals surface area contributed by atoms with Crippen LogP contribution in [-0.2, 0) is 14.8 Å². The van der Waals surface area contributed by atoms with Crippen LogP contribution < -0.4 is 0 Å². The number of carbonyl (C=O) groups is 1. The van der Waals surface area contributed by atoms with Crippen molar-refractivity contribution in [3.63, 3.8) is 0 Å². The first-order chi connectivity index (χ1) is 8.39. The summed E-state index contributed by atoms with van der Waals surface area (Å²) in [5.74, 6) is -1.13. The van der Waals surface area contributed by atoms with E-state index in [9.17, 15) is 13.2 Å². The lowest BCUT2D eigenvalue weighted by molar-refractivity contribution is 0.0702. The summed E-state index contributed by atoms with van der Waals surface area (Å²) in [6.45, 7) is 2.89. The number of sulfonamides is 1. The zero-order valence-electron chi connectivity index (χ0n) is 10.1. The average Bonchev–Trinajstić information content (AvgIpc) is 2.79. The maximum absolute atomic E-state index is 12.0. The zero-order chi connectivity index (χ0) is 13.8. The van der Waals surface area contributed by atoms with E-state index >= 15 is 0 Å². The lowest BCUT2D eigenvalue weighted by Crippen LogP contribution is -2.30. The molecule has 8 heteroatoms. The third-order valence-corrected chi connectivity index (χ3v) is 5.15. The predicted octanol–water partition coefficient (Wildman–Crippen LogP) is 1.10. The SMILES string of the molecule is CCOCCN(C)S(=O)(=O)c1csc(C(=O)O)c1. The molecule has 0 unspecified atom stereocenters. The topological polar surface area (TPSA) is 83.9 Å². The number of thiophene rings is 1. The van der Waals surface area contributed by atoms with Crippen LogP contribution in [0.4, 0.5) is 0 Å². The normalized spacial score (nSPS) is 11.9. The lowest BCUT2D eigenvalue weighted by Gasteiger charge is -2.15. The van der Waals surface area contributed by atoms with Gasteiger partial charge in [-0.2, -0.15) is 4.31 Å². The molecular formula is C10H15NO5S2. The van der Waals surface area contributed by atoms with Crippen LogP contribution >= 0.6 is 11.3 Å². The Hall–Kier alpha value is -0.960. The number of carboxylic acids is 1. The number of hydrogen-bond donors (Lipinski definition) is 1. The van der Waals surface area contributed by atoms with E-state index in [4.69, 9.17) is 9.84 Å². The standard InChI is InChI=1S/C10H15NO5S2/c1-3-16-5-4-11(2)18(14,15)8-6-9(10(12)13)17-7-8/h6-7H,3-5H2,1-2H3,(H,12,13). The van der Waals surface area contributed by atoms with Crippen LogP contribution in [0.5, 0.6) is 0 Å². The molecule has 0 fully saturated rings. The van der Waals surface area contributed by atoms with E-state index in [2.05, 4.69) is 0 Å². The number of nitrogens with zero attached hydrogens (tertiary/aromatic N) is 1. The quantitative estimate of drug-likeness (QED) is 0.761.